The summed E-state index contributed by atoms with van der Waals surface area (Å²) in [4.78, 5) is 17.0. The van der Waals surface area contributed by atoms with Crippen molar-refractivity contribution in [2.75, 3.05) is 33.2 Å². The van der Waals surface area contributed by atoms with Gasteiger partial charge in [0.2, 0.25) is 5.91 Å². The summed E-state index contributed by atoms with van der Waals surface area (Å²) in [5, 5.41) is 0. The number of carbonyl (C=O) groups is 1. The molecule has 0 spiro atoms. The Morgan fingerprint density at radius 2 is 1.45 bits per heavy atom. The van der Waals surface area contributed by atoms with Gasteiger partial charge in [-0.2, -0.15) is 0 Å². The van der Waals surface area contributed by atoms with Crippen molar-refractivity contribution in [2.45, 2.75) is 61.3 Å². The highest BCUT2D eigenvalue weighted by atomic mass is 16.2. The van der Waals surface area contributed by atoms with Gasteiger partial charge in [-0.05, 0) is 18.9 Å². The first kappa shape index (κ1) is 19.4. The van der Waals surface area contributed by atoms with E-state index in [4.69, 9.17) is 0 Å². The second-order valence-corrected chi connectivity index (χ2v) is 7.17. The molecule has 0 radical (unpaired) electrons. The molecule has 0 unspecified atom stereocenters. The van der Waals surface area contributed by atoms with Crippen LogP contribution in [0.2, 0.25) is 0 Å². The van der Waals surface area contributed by atoms with Gasteiger partial charge >= 0.3 is 0 Å². The van der Waals surface area contributed by atoms with Crippen LogP contribution < -0.4 is 0 Å². The van der Waals surface area contributed by atoms with Crippen LogP contribution in [0, 0.1) is 10.8 Å². The summed E-state index contributed by atoms with van der Waals surface area (Å²) in [5.74, 6) is 0.331. The fourth-order valence-corrected chi connectivity index (χ4v) is 2.83. The normalized spacial score (nSPS) is 17.5. The van der Waals surface area contributed by atoms with Crippen LogP contribution in [0.4, 0.5) is 0 Å². The molecular weight excluding hydrogens is 248 g/mol. The molecule has 0 saturated carbocycles. The minimum Gasteiger partial charge on any atom is -0.340 e. The van der Waals surface area contributed by atoms with E-state index in [1.165, 1.54) is 0 Å². The average molecular weight is 284 g/mol. The standard InChI is InChI=1S/C15H30N2O.C2H6/c1-7-14(2,3)12-15(4,5)13(18)17-10-8-16(6)9-11-17;1-2/h7-12H2,1-6H3;1-2H3. The molecule has 1 rings (SSSR count). The number of piperazine rings is 1. The van der Waals surface area contributed by atoms with E-state index >= 15 is 0 Å². The molecule has 1 aliphatic rings. The van der Waals surface area contributed by atoms with Gasteiger partial charge < -0.3 is 9.80 Å². The van der Waals surface area contributed by atoms with Crippen molar-refractivity contribution in [1.82, 2.24) is 9.80 Å². The number of rotatable bonds is 4. The van der Waals surface area contributed by atoms with Crippen LogP contribution in [-0.2, 0) is 4.79 Å². The molecule has 0 bridgehead atoms. The molecule has 120 valence electrons. The van der Waals surface area contributed by atoms with Crippen molar-refractivity contribution in [3.8, 4) is 0 Å². The molecule has 0 aromatic carbocycles. The third-order valence-electron chi connectivity index (χ3n) is 4.25. The molecular formula is C17H36N2O. The monoisotopic (exact) mass is 284 g/mol. The van der Waals surface area contributed by atoms with Crippen LogP contribution in [0.3, 0.4) is 0 Å². The van der Waals surface area contributed by atoms with E-state index in [2.05, 4.69) is 46.6 Å². The van der Waals surface area contributed by atoms with Gasteiger partial charge in [0.05, 0.1) is 0 Å². The van der Waals surface area contributed by atoms with Gasteiger partial charge in [0.15, 0.2) is 0 Å². The number of nitrogens with zero attached hydrogens (tertiary/aromatic N) is 2. The van der Waals surface area contributed by atoms with Gasteiger partial charge in [-0.1, -0.05) is 54.9 Å². The molecule has 0 aliphatic carbocycles. The molecule has 1 heterocycles. The van der Waals surface area contributed by atoms with Crippen molar-refractivity contribution < 1.29 is 4.79 Å². The van der Waals surface area contributed by atoms with Crippen LogP contribution >= 0.6 is 0 Å². The summed E-state index contributed by atoms with van der Waals surface area (Å²) in [6.07, 6.45) is 2.08. The Morgan fingerprint density at radius 3 is 1.85 bits per heavy atom. The topological polar surface area (TPSA) is 23.6 Å². The average Bonchev–Trinajstić information content (AvgIpc) is 2.40. The number of likely N-dealkylation sites (N-methyl/N-ethyl adjacent to an activating group) is 1. The van der Waals surface area contributed by atoms with Crippen molar-refractivity contribution in [3.63, 3.8) is 0 Å². The fourth-order valence-electron chi connectivity index (χ4n) is 2.83. The minimum absolute atomic E-state index is 0.241. The molecule has 0 aromatic rings. The summed E-state index contributed by atoms with van der Waals surface area (Å²) in [5.41, 5.74) is 0.00115. The first-order chi connectivity index (χ1) is 9.18. The highest BCUT2D eigenvalue weighted by Crippen LogP contribution is 2.37. The Hall–Kier alpha value is -0.570. The Balaban J connectivity index is 0.00000172. The summed E-state index contributed by atoms with van der Waals surface area (Å²) >= 11 is 0. The van der Waals surface area contributed by atoms with Crippen LogP contribution in [0.15, 0.2) is 0 Å². The van der Waals surface area contributed by atoms with Gasteiger partial charge in [0.1, 0.15) is 0 Å². The molecule has 1 fully saturated rings. The SMILES string of the molecule is CC.CCC(C)(C)CC(C)(C)C(=O)N1CCN(C)CC1. The van der Waals surface area contributed by atoms with E-state index in [1.807, 2.05) is 18.7 Å². The maximum absolute atomic E-state index is 12.6. The molecule has 3 nitrogen and oxygen atoms in total. The molecule has 1 amide bonds. The van der Waals surface area contributed by atoms with Crippen molar-refractivity contribution in [1.29, 1.82) is 0 Å². The van der Waals surface area contributed by atoms with Crippen molar-refractivity contribution in [2.24, 2.45) is 10.8 Å². The molecule has 1 saturated heterocycles. The number of amides is 1. The van der Waals surface area contributed by atoms with E-state index in [0.717, 1.165) is 39.0 Å². The largest absolute Gasteiger partial charge is 0.340 e. The highest BCUT2D eigenvalue weighted by molar-refractivity contribution is 5.82. The lowest BCUT2D eigenvalue weighted by Gasteiger charge is -2.40. The molecule has 0 N–H and O–H groups in total. The molecule has 1 aliphatic heterocycles. The summed E-state index contributed by atoms with van der Waals surface area (Å²) in [6, 6.07) is 0. The van der Waals surface area contributed by atoms with E-state index in [9.17, 15) is 4.79 Å². The lowest BCUT2D eigenvalue weighted by molar-refractivity contribution is -0.143. The number of hydrogen-bond acceptors (Lipinski definition) is 2. The number of hydrogen-bond donors (Lipinski definition) is 0. The Bertz CT molecular complexity index is 289. The molecule has 3 heteroatoms. The van der Waals surface area contributed by atoms with E-state index < -0.39 is 0 Å². The zero-order valence-electron chi connectivity index (χ0n) is 15.0. The summed E-state index contributed by atoms with van der Waals surface area (Å²) < 4.78 is 0. The second kappa shape index (κ2) is 8.02. The Morgan fingerprint density at radius 1 is 1.00 bits per heavy atom. The van der Waals surface area contributed by atoms with Crippen LogP contribution in [0.5, 0.6) is 0 Å². The lowest BCUT2D eigenvalue weighted by atomic mass is 9.73. The van der Waals surface area contributed by atoms with Crippen LogP contribution in [-0.4, -0.2) is 48.9 Å². The maximum Gasteiger partial charge on any atom is 0.228 e. The van der Waals surface area contributed by atoms with Gasteiger partial charge in [-0.15, -0.1) is 0 Å². The molecule has 20 heavy (non-hydrogen) atoms. The van der Waals surface area contributed by atoms with Crippen LogP contribution in [0.25, 0.3) is 0 Å². The third kappa shape index (κ3) is 5.82. The molecule has 0 atom stereocenters. The van der Waals surface area contributed by atoms with Gasteiger partial charge in [0.25, 0.3) is 0 Å². The van der Waals surface area contributed by atoms with Crippen molar-refractivity contribution in [3.05, 3.63) is 0 Å². The first-order valence-electron chi connectivity index (χ1n) is 8.16. The van der Waals surface area contributed by atoms with Gasteiger partial charge in [0, 0.05) is 31.6 Å². The quantitative estimate of drug-likeness (QED) is 0.787. The highest BCUT2D eigenvalue weighted by Gasteiger charge is 2.37. The predicted octanol–water partition coefficient (Wildman–Crippen LogP) is 3.64. The fraction of sp³-hybridized carbons (Fsp3) is 0.941. The minimum atomic E-state index is -0.241. The zero-order chi connectivity index (χ0) is 16.0. The van der Waals surface area contributed by atoms with E-state index in [0.29, 0.717) is 5.91 Å². The van der Waals surface area contributed by atoms with Crippen molar-refractivity contribution >= 4 is 5.91 Å². The maximum atomic E-state index is 12.6. The first-order valence-corrected chi connectivity index (χ1v) is 8.16. The second-order valence-electron chi connectivity index (χ2n) is 7.17. The molecule has 0 aromatic heterocycles. The lowest BCUT2D eigenvalue weighted by Crippen LogP contribution is -2.51. The summed E-state index contributed by atoms with van der Waals surface area (Å²) in [6.45, 7) is 18.7. The smallest absolute Gasteiger partial charge is 0.228 e. The predicted molar refractivity (Wildman–Crippen MR) is 87.9 cm³/mol. The van der Waals surface area contributed by atoms with E-state index in [1.54, 1.807) is 0 Å². The Labute approximate surface area is 126 Å². The number of carbonyl (C=O) groups excluding carboxylic acids is 1. The summed E-state index contributed by atoms with van der Waals surface area (Å²) in [7, 11) is 2.12. The van der Waals surface area contributed by atoms with Crippen LogP contribution in [0.1, 0.15) is 61.3 Å². The third-order valence-corrected chi connectivity index (χ3v) is 4.25. The van der Waals surface area contributed by atoms with Gasteiger partial charge in [-0.25, -0.2) is 0 Å². The van der Waals surface area contributed by atoms with E-state index in [-0.39, 0.29) is 10.8 Å². The Kier molecular flexibility index (Phi) is 7.79. The zero-order valence-corrected chi connectivity index (χ0v) is 15.0. The van der Waals surface area contributed by atoms with Gasteiger partial charge in [-0.3, -0.25) is 4.79 Å².